The first-order valence-corrected chi connectivity index (χ1v) is 5.99. The lowest BCUT2D eigenvalue weighted by Gasteiger charge is -2.14. The molecule has 0 bridgehead atoms. The van der Waals surface area contributed by atoms with Gasteiger partial charge in [-0.3, -0.25) is 4.18 Å². The van der Waals surface area contributed by atoms with Crippen molar-refractivity contribution in [2.24, 2.45) is 11.1 Å². The minimum absolute atomic E-state index is 0.293. The van der Waals surface area contributed by atoms with E-state index in [2.05, 4.69) is 14.6 Å². The van der Waals surface area contributed by atoms with Gasteiger partial charge >= 0.3 is 10.3 Å². The van der Waals surface area contributed by atoms with Crippen LogP contribution in [-0.4, -0.2) is 45.5 Å². The first-order chi connectivity index (χ1) is 6.85. The zero-order valence-corrected chi connectivity index (χ0v) is 9.08. The second-order valence-electron chi connectivity index (χ2n) is 3.60. The van der Waals surface area contributed by atoms with E-state index in [9.17, 15) is 17.9 Å². The lowest BCUT2D eigenvalue weighted by Crippen LogP contribution is -2.35. The Morgan fingerprint density at radius 1 is 1.67 bits per heavy atom. The zero-order valence-electron chi connectivity index (χ0n) is 8.26. The molecule has 0 saturated heterocycles. The van der Waals surface area contributed by atoms with Crippen molar-refractivity contribution in [3.63, 3.8) is 0 Å². The highest BCUT2D eigenvalue weighted by molar-refractivity contribution is 7.84. The molecule has 0 unspecified atom stereocenters. The molecule has 0 aromatic heterocycles. The molecule has 4 N–H and O–H groups in total. The number of halogens is 1. The van der Waals surface area contributed by atoms with Crippen LogP contribution < -0.4 is 10.5 Å². The number of aliphatic hydroxyl groups excluding tert-OH is 1. The van der Waals surface area contributed by atoms with Crippen molar-refractivity contribution >= 4 is 10.3 Å². The van der Waals surface area contributed by atoms with Crippen LogP contribution in [0.1, 0.15) is 6.42 Å². The van der Waals surface area contributed by atoms with Gasteiger partial charge < -0.3 is 10.4 Å². The molecule has 0 amide bonds. The van der Waals surface area contributed by atoms with Crippen molar-refractivity contribution in [2.45, 2.75) is 24.7 Å². The van der Waals surface area contributed by atoms with Gasteiger partial charge in [0, 0.05) is 12.0 Å². The fourth-order valence-corrected chi connectivity index (χ4v) is 2.08. The fourth-order valence-electron chi connectivity index (χ4n) is 1.72. The van der Waals surface area contributed by atoms with Gasteiger partial charge in [0.05, 0.1) is 12.7 Å². The third-order valence-electron chi connectivity index (χ3n) is 2.57. The van der Waals surface area contributed by atoms with Crippen LogP contribution in [0.15, 0.2) is 0 Å². The Balaban J connectivity index is 2.51. The van der Waals surface area contributed by atoms with Crippen molar-refractivity contribution < 1.29 is 22.1 Å². The van der Waals surface area contributed by atoms with Crippen LogP contribution in [0.3, 0.4) is 0 Å². The molecule has 1 aliphatic carbocycles. The second kappa shape index (κ2) is 4.71. The van der Waals surface area contributed by atoms with Crippen molar-refractivity contribution in [1.82, 2.24) is 5.32 Å². The topological polar surface area (TPSA) is 102 Å². The standard InChI is InChI=1S/C7H15FN2O4S/c1-10-5-2-4(7(11)6(5)8)3-14-15(9,12)13/h4-7,10-11H,2-3H2,1H3,(H2,9,12,13)/t4-,5-,6-,7-/m1/s1. The third-order valence-corrected chi connectivity index (χ3v) is 3.03. The van der Waals surface area contributed by atoms with Gasteiger partial charge in [0.1, 0.15) is 6.17 Å². The number of alkyl halides is 1. The highest BCUT2D eigenvalue weighted by Gasteiger charge is 2.42. The highest BCUT2D eigenvalue weighted by atomic mass is 32.2. The number of nitrogens with two attached hydrogens (primary N) is 1. The fraction of sp³-hybridized carbons (Fsp3) is 1.00. The van der Waals surface area contributed by atoms with Crippen LogP contribution in [0.25, 0.3) is 0 Å². The lowest BCUT2D eigenvalue weighted by molar-refractivity contribution is 0.0476. The molecule has 0 aliphatic heterocycles. The molecular weight excluding hydrogens is 227 g/mol. The molecular formula is C7H15FN2O4S. The smallest absolute Gasteiger partial charge is 0.333 e. The van der Waals surface area contributed by atoms with E-state index in [1.54, 1.807) is 7.05 Å². The maximum Gasteiger partial charge on any atom is 0.333 e. The predicted octanol–water partition coefficient (Wildman–Crippen LogP) is -1.49. The van der Waals surface area contributed by atoms with Crippen LogP contribution >= 0.6 is 0 Å². The summed E-state index contributed by atoms with van der Waals surface area (Å²) >= 11 is 0. The molecule has 1 aliphatic rings. The Morgan fingerprint density at radius 2 is 2.27 bits per heavy atom. The molecule has 0 aromatic rings. The van der Waals surface area contributed by atoms with E-state index in [0.29, 0.717) is 6.42 Å². The minimum atomic E-state index is -4.03. The summed E-state index contributed by atoms with van der Waals surface area (Å²) in [6.45, 7) is -0.293. The third kappa shape index (κ3) is 3.35. The van der Waals surface area contributed by atoms with Crippen LogP contribution in [-0.2, 0) is 14.5 Å². The highest BCUT2D eigenvalue weighted by Crippen LogP contribution is 2.29. The average molecular weight is 242 g/mol. The molecule has 15 heavy (non-hydrogen) atoms. The number of rotatable bonds is 4. The van der Waals surface area contributed by atoms with Gasteiger partial charge in [-0.05, 0) is 13.5 Å². The van der Waals surface area contributed by atoms with E-state index in [1.165, 1.54) is 0 Å². The Labute approximate surface area is 87.9 Å². The first-order valence-electron chi connectivity index (χ1n) is 4.51. The maximum atomic E-state index is 13.3. The maximum absolute atomic E-state index is 13.3. The van der Waals surface area contributed by atoms with Gasteiger partial charge in [0.2, 0.25) is 0 Å². The Bertz CT molecular complexity index is 310. The molecule has 90 valence electrons. The molecule has 0 spiro atoms. The van der Waals surface area contributed by atoms with Gasteiger partial charge in [-0.15, -0.1) is 0 Å². The summed E-state index contributed by atoms with van der Waals surface area (Å²) in [4.78, 5) is 0. The monoisotopic (exact) mass is 242 g/mol. The molecule has 0 radical (unpaired) electrons. The van der Waals surface area contributed by atoms with Crippen molar-refractivity contribution in [2.75, 3.05) is 13.7 Å². The Kier molecular flexibility index (Phi) is 4.01. The molecule has 1 fully saturated rings. The molecule has 0 aromatic carbocycles. The minimum Gasteiger partial charge on any atom is -0.390 e. The second-order valence-corrected chi connectivity index (χ2v) is 4.82. The summed E-state index contributed by atoms with van der Waals surface area (Å²) < 4.78 is 38.6. The molecule has 0 heterocycles. The Morgan fingerprint density at radius 3 is 2.67 bits per heavy atom. The molecule has 8 heteroatoms. The SMILES string of the molecule is CN[C@@H]1C[C@H](COS(N)(=O)=O)[C@@H](O)[C@@H]1F. The average Bonchev–Trinajstić information content (AvgIpc) is 2.40. The summed E-state index contributed by atoms with van der Waals surface area (Å²) in [7, 11) is -2.45. The van der Waals surface area contributed by atoms with Gasteiger partial charge in [-0.25, -0.2) is 9.53 Å². The van der Waals surface area contributed by atoms with E-state index in [-0.39, 0.29) is 6.61 Å². The first kappa shape index (κ1) is 12.8. The largest absolute Gasteiger partial charge is 0.390 e. The summed E-state index contributed by atoms with van der Waals surface area (Å²) in [6.07, 6.45) is -2.32. The van der Waals surface area contributed by atoms with Gasteiger partial charge in [-0.2, -0.15) is 8.42 Å². The van der Waals surface area contributed by atoms with Crippen molar-refractivity contribution in [1.29, 1.82) is 0 Å². The van der Waals surface area contributed by atoms with Crippen molar-refractivity contribution in [3.05, 3.63) is 0 Å². The van der Waals surface area contributed by atoms with Crippen LogP contribution in [0.4, 0.5) is 4.39 Å². The van der Waals surface area contributed by atoms with Crippen LogP contribution in [0.2, 0.25) is 0 Å². The lowest BCUT2D eigenvalue weighted by atomic mass is 10.1. The summed E-state index contributed by atoms with van der Waals surface area (Å²) in [5, 5.41) is 16.7. The van der Waals surface area contributed by atoms with E-state index < -0.39 is 34.5 Å². The summed E-state index contributed by atoms with van der Waals surface area (Å²) in [6, 6.07) is -0.478. The number of hydrogen-bond donors (Lipinski definition) is 3. The molecule has 4 atom stereocenters. The quantitative estimate of drug-likeness (QED) is 0.557. The van der Waals surface area contributed by atoms with E-state index >= 15 is 0 Å². The summed E-state index contributed by atoms with van der Waals surface area (Å²) in [5.74, 6) is -0.559. The summed E-state index contributed by atoms with van der Waals surface area (Å²) in [5.41, 5.74) is 0. The van der Waals surface area contributed by atoms with Gasteiger partial charge in [-0.1, -0.05) is 0 Å². The van der Waals surface area contributed by atoms with E-state index in [4.69, 9.17) is 0 Å². The predicted molar refractivity (Wildman–Crippen MR) is 50.9 cm³/mol. The Hall–Kier alpha value is -0.280. The number of aliphatic hydroxyl groups is 1. The van der Waals surface area contributed by atoms with E-state index in [0.717, 1.165) is 0 Å². The van der Waals surface area contributed by atoms with Crippen molar-refractivity contribution in [3.8, 4) is 0 Å². The molecule has 1 rings (SSSR count). The number of nitrogens with one attached hydrogen (secondary N) is 1. The zero-order chi connectivity index (χ0) is 11.6. The molecule has 1 saturated carbocycles. The van der Waals surface area contributed by atoms with Gasteiger partial charge in [0.15, 0.2) is 0 Å². The van der Waals surface area contributed by atoms with Crippen LogP contribution in [0.5, 0.6) is 0 Å². The normalized spacial score (nSPS) is 37.1. The van der Waals surface area contributed by atoms with Crippen LogP contribution in [0, 0.1) is 5.92 Å². The van der Waals surface area contributed by atoms with Gasteiger partial charge in [0.25, 0.3) is 0 Å². The number of hydrogen-bond acceptors (Lipinski definition) is 5. The molecule has 6 nitrogen and oxygen atoms in total. The van der Waals surface area contributed by atoms with E-state index in [1.807, 2.05) is 0 Å².